The molecule has 9 heteroatoms. The third-order valence-electron chi connectivity index (χ3n) is 2.19. The number of rotatable bonds is 6. The number of benzene rings is 1. The van der Waals surface area contributed by atoms with Crippen LogP contribution in [-0.2, 0) is 9.59 Å². The Kier molecular flexibility index (Phi) is 5.15. The van der Waals surface area contributed by atoms with Gasteiger partial charge in [-0.1, -0.05) is 12.1 Å². The summed E-state index contributed by atoms with van der Waals surface area (Å²) in [7, 11) is 0. The Morgan fingerprint density at radius 3 is 2.40 bits per heavy atom. The average molecular weight is 281 g/mol. The molecule has 1 aromatic carbocycles. The number of para-hydroxylation sites is 1. The van der Waals surface area contributed by atoms with Crippen LogP contribution in [-0.4, -0.2) is 40.9 Å². The molecular weight excluding hydrogens is 270 g/mol. The Bertz CT molecular complexity index is 557. The van der Waals surface area contributed by atoms with Crippen LogP contribution < -0.4 is 10.6 Å². The fraction of sp³-hybridized carbons (Fsp3) is 0.182. The Morgan fingerprint density at radius 2 is 1.80 bits per heavy atom. The number of nitrogens with one attached hydrogen (secondary N) is 2. The highest BCUT2D eigenvalue weighted by Crippen LogP contribution is 2.16. The minimum Gasteiger partial charge on any atom is -0.480 e. The predicted octanol–water partition coefficient (Wildman–Crippen LogP) is -0.475. The van der Waals surface area contributed by atoms with Crippen LogP contribution in [0.15, 0.2) is 24.3 Å². The van der Waals surface area contributed by atoms with Crippen molar-refractivity contribution in [2.24, 2.45) is 0 Å². The fourth-order valence-electron chi connectivity index (χ4n) is 1.32. The molecule has 0 heterocycles. The molecule has 0 aromatic heterocycles. The predicted molar refractivity (Wildman–Crippen MR) is 66.1 cm³/mol. The number of aliphatic carboxylic acids is 1. The summed E-state index contributed by atoms with van der Waals surface area (Å²) in [6.07, 6.45) is 0. The molecule has 0 saturated heterocycles. The molecule has 2 amide bonds. The van der Waals surface area contributed by atoms with Crippen molar-refractivity contribution >= 4 is 23.5 Å². The first-order valence-corrected chi connectivity index (χ1v) is 5.42. The Labute approximate surface area is 112 Å². The second-order valence-corrected chi connectivity index (χ2v) is 3.63. The number of nitrogens with zero attached hydrogens (tertiary/aromatic N) is 1. The van der Waals surface area contributed by atoms with Crippen LogP contribution in [0.1, 0.15) is 10.4 Å². The molecule has 1 aromatic rings. The van der Waals surface area contributed by atoms with Crippen LogP contribution in [0.2, 0.25) is 0 Å². The van der Waals surface area contributed by atoms with Crippen LogP contribution in [0.25, 0.3) is 0 Å². The van der Waals surface area contributed by atoms with Gasteiger partial charge in [-0.15, -0.1) is 0 Å². The van der Waals surface area contributed by atoms with E-state index in [1.807, 2.05) is 5.32 Å². The molecule has 0 bridgehead atoms. The van der Waals surface area contributed by atoms with Gasteiger partial charge in [0.1, 0.15) is 12.1 Å². The van der Waals surface area contributed by atoms with Crippen molar-refractivity contribution in [1.29, 1.82) is 0 Å². The Hall–Kier alpha value is -2.97. The molecule has 0 spiro atoms. The van der Waals surface area contributed by atoms with E-state index in [2.05, 4.69) is 5.32 Å². The molecule has 0 saturated carbocycles. The standard InChI is InChI=1S/C11H11N3O6/c15-9(12-6-10(16)17)5-13-11(18)7-3-1-2-4-8(7)14(19)20/h1-4H,5-6H2,(H,12,15)(H,13,18)(H,16,17). The highest BCUT2D eigenvalue weighted by atomic mass is 16.6. The maximum absolute atomic E-state index is 11.7. The van der Waals surface area contributed by atoms with Gasteiger partial charge in [0.2, 0.25) is 5.91 Å². The first-order chi connectivity index (χ1) is 9.41. The maximum atomic E-state index is 11.7. The van der Waals surface area contributed by atoms with E-state index < -0.39 is 35.8 Å². The molecule has 0 radical (unpaired) electrons. The van der Waals surface area contributed by atoms with Crippen molar-refractivity contribution in [3.63, 3.8) is 0 Å². The zero-order valence-corrected chi connectivity index (χ0v) is 10.2. The SMILES string of the molecule is O=C(O)CNC(=O)CNC(=O)c1ccccc1[N+](=O)[O-]. The topological polar surface area (TPSA) is 139 Å². The summed E-state index contributed by atoms with van der Waals surface area (Å²) in [6.45, 7) is -1.04. The number of carbonyl (C=O) groups is 3. The first kappa shape index (κ1) is 15.1. The molecule has 0 fully saturated rings. The third kappa shape index (κ3) is 4.37. The van der Waals surface area contributed by atoms with Gasteiger partial charge in [0, 0.05) is 6.07 Å². The van der Waals surface area contributed by atoms with Gasteiger partial charge in [0.25, 0.3) is 11.6 Å². The van der Waals surface area contributed by atoms with Gasteiger partial charge in [0.05, 0.1) is 11.5 Å². The van der Waals surface area contributed by atoms with Crippen molar-refractivity contribution in [3.8, 4) is 0 Å². The zero-order valence-electron chi connectivity index (χ0n) is 10.2. The van der Waals surface area contributed by atoms with E-state index in [0.29, 0.717) is 0 Å². The summed E-state index contributed by atoms with van der Waals surface area (Å²) in [5.74, 6) is -2.72. The van der Waals surface area contributed by atoms with E-state index in [0.717, 1.165) is 0 Å². The molecule has 3 N–H and O–H groups in total. The number of hydrogen-bond acceptors (Lipinski definition) is 5. The first-order valence-electron chi connectivity index (χ1n) is 5.42. The van der Waals surface area contributed by atoms with Crippen LogP contribution in [0.5, 0.6) is 0 Å². The number of carboxylic acid groups (broad SMARTS) is 1. The third-order valence-corrected chi connectivity index (χ3v) is 2.19. The number of amides is 2. The molecule has 0 aliphatic rings. The van der Waals surface area contributed by atoms with Gasteiger partial charge in [-0.3, -0.25) is 24.5 Å². The van der Waals surface area contributed by atoms with Crippen LogP contribution >= 0.6 is 0 Å². The van der Waals surface area contributed by atoms with Gasteiger partial charge < -0.3 is 15.7 Å². The number of carbonyl (C=O) groups excluding carboxylic acids is 2. The minimum atomic E-state index is -1.22. The lowest BCUT2D eigenvalue weighted by atomic mass is 10.1. The second-order valence-electron chi connectivity index (χ2n) is 3.63. The summed E-state index contributed by atoms with van der Waals surface area (Å²) in [6, 6.07) is 5.28. The lowest BCUT2D eigenvalue weighted by Crippen LogP contribution is -2.39. The molecule has 9 nitrogen and oxygen atoms in total. The molecule has 20 heavy (non-hydrogen) atoms. The minimum absolute atomic E-state index is 0.177. The molecule has 1 rings (SSSR count). The average Bonchev–Trinajstić information content (AvgIpc) is 2.42. The molecule has 0 aliphatic carbocycles. The number of nitro benzene ring substituents is 1. The maximum Gasteiger partial charge on any atom is 0.322 e. The Balaban J connectivity index is 2.62. The van der Waals surface area contributed by atoms with E-state index >= 15 is 0 Å². The van der Waals surface area contributed by atoms with Crippen LogP contribution in [0.3, 0.4) is 0 Å². The van der Waals surface area contributed by atoms with Gasteiger partial charge in [-0.05, 0) is 6.07 Å². The summed E-state index contributed by atoms with van der Waals surface area (Å²) in [5, 5.41) is 23.3. The van der Waals surface area contributed by atoms with Crippen molar-refractivity contribution in [1.82, 2.24) is 10.6 Å². The van der Waals surface area contributed by atoms with Gasteiger partial charge in [-0.25, -0.2) is 0 Å². The molecule has 0 unspecified atom stereocenters. The summed E-state index contributed by atoms with van der Waals surface area (Å²) < 4.78 is 0. The number of nitro groups is 1. The van der Waals surface area contributed by atoms with E-state index in [9.17, 15) is 24.5 Å². The van der Waals surface area contributed by atoms with Crippen LogP contribution in [0, 0.1) is 10.1 Å². The van der Waals surface area contributed by atoms with Crippen molar-refractivity contribution in [3.05, 3.63) is 39.9 Å². The van der Waals surface area contributed by atoms with Crippen LogP contribution in [0.4, 0.5) is 5.69 Å². The number of carboxylic acids is 1. The lowest BCUT2D eigenvalue weighted by Gasteiger charge is -2.05. The number of hydrogen-bond donors (Lipinski definition) is 3. The van der Waals surface area contributed by atoms with Gasteiger partial charge in [-0.2, -0.15) is 0 Å². The van der Waals surface area contributed by atoms with Gasteiger partial charge in [0.15, 0.2) is 0 Å². The highest BCUT2D eigenvalue weighted by Gasteiger charge is 2.19. The summed E-state index contributed by atoms with van der Waals surface area (Å²) in [4.78, 5) is 43.1. The van der Waals surface area contributed by atoms with E-state index in [1.54, 1.807) is 0 Å². The smallest absolute Gasteiger partial charge is 0.322 e. The monoisotopic (exact) mass is 281 g/mol. The highest BCUT2D eigenvalue weighted by molar-refractivity contribution is 5.99. The molecule has 106 valence electrons. The summed E-state index contributed by atoms with van der Waals surface area (Å²) in [5.41, 5.74) is -0.556. The largest absolute Gasteiger partial charge is 0.480 e. The fourth-order valence-corrected chi connectivity index (χ4v) is 1.32. The zero-order chi connectivity index (χ0) is 15.1. The van der Waals surface area contributed by atoms with Gasteiger partial charge >= 0.3 is 5.97 Å². The normalized spacial score (nSPS) is 9.60. The molecule has 0 atom stereocenters. The Morgan fingerprint density at radius 1 is 1.15 bits per heavy atom. The van der Waals surface area contributed by atoms with E-state index in [4.69, 9.17) is 5.11 Å². The lowest BCUT2D eigenvalue weighted by molar-refractivity contribution is -0.385. The summed E-state index contributed by atoms with van der Waals surface area (Å²) >= 11 is 0. The van der Waals surface area contributed by atoms with E-state index in [1.165, 1.54) is 24.3 Å². The molecular formula is C11H11N3O6. The van der Waals surface area contributed by atoms with Crippen molar-refractivity contribution < 1.29 is 24.4 Å². The quantitative estimate of drug-likeness (QED) is 0.475. The van der Waals surface area contributed by atoms with E-state index in [-0.39, 0.29) is 11.3 Å². The van der Waals surface area contributed by atoms with Crippen molar-refractivity contribution in [2.75, 3.05) is 13.1 Å². The molecule has 0 aliphatic heterocycles. The van der Waals surface area contributed by atoms with Crippen molar-refractivity contribution in [2.45, 2.75) is 0 Å². The second kappa shape index (κ2) is 6.83.